The minimum absolute atomic E-state index is 0.226. The van der Waals surface area contributed by atoms with Gasteiger partial charge in [-0.25, -0.2) is 0 Å². The van der Waals surface area contributed by atoms with Crippen LogP contribution in [-0.4, -0.2) is 49.3 Å². The lowest BCUT2D eigenvalue weighted by molar-refractivity contribution is -0.114. The normalized spacial score (nSPS) is 18.2. The van der Waals surface area contributed by atoms with E-state index in [1.165, 1.54) is 17.9 Å². The highest BCUT2D eigenvalue weighted by molar-refractivity contribution is 6.01. The first kappa shape index (κ1) is 24.7. The standard InChI is InChI=1S/C27H33N3O5/c1-3-34-30(19-32)22-11-8-20(9-12-22)17-29-23(18-31)13-14-25(28-29)21-10-15-26(33-2)27(16-21)35-24-6-4-5-7-24/h8-12,15-16,18-19,23-24H,3-7,13-14,17H2,1-2H3. The van der Waals surface area contributed by atoms with Crippen LogP contribution in [0.4, 0.5) is 5.69 Å². The van der Waals surface area contributed by atoms with Crippen LogP contribution in [0.15, 0.2) is 47.6 Å². The number of carbonyl (C=O) groups is 2. The number of methoxy groups -OCH3 is 1. The Morgan fingerprint density at radius 3 is 2.49 bits per heavy atom. The average molecular weight is 480 g/mol. The molecule has 1 amide bonds. The van der Waals surface area contributed by atoms with Gasteiger partial charge in [0.05, 0.1) is 37.8 Å². The van der Waals surface area contributed by atoms with Crippen molar-refractivity contribution in [3.05, 3.63) is 53.6 Å². The van der Waals surface area contributed by atoms with Crippen LogP contribution in [0.1, 0.15) is 56.6 Å². The van der Waals surface area contributed by atoms with Gasteiger partial charge in [-0.15, -0.1) is 0 Å². The summed E-state index contributed by atoms with van der Waals surface area (Å²) in [5, 5.41) is 7.90. The number of benzene rings is 2. The number of carbonyl (C=O) groups excluding carboxylic acids is 2. The van der Waals surface area contributed by atoms with E-state index in [4.69, 9.17) is 19.4 Å². The summed E-state index contributed by atoms with van der Waals surface area (Å²) in [6.07, 6.45) is 7.74. The third-order valence-corrected chi connectivity index (χ3v) is 6.46. The Morgan fingerprint density at radius 1 is 1.06 bits per heavy atom. The largest absolute Gasteiger partial charge is 0.493 e. The number of amides is 1. The van der Waals surface area contributed by atoms with Gasteiger partial charge in [-0.1, -0.05) is 12.1 Å². The van der Waals surface area contributed by atoms with E-state index in [0.29, 0.717) is 38.1 Å². The van der Waals surface area contributed by atoms with Crippen LogP contribution in [0.25, 0.3) is 0 Å². The second-order valence-corrected chi connectivity index (χ2v) is 8.79. The van der Waals surface area contributed by atoms with Gasteiger partial charge in [-0.05, 0) is 81.3 Å². The van der Waals surface area contributed by atoms with Gasteiger partial charge >= 0.3 is 0 Å². The van der Waals surface area contributed by atoms with E-state index >= 15 is 0 Å². The van der Waals surface area contributed by atoms with Gasteiger partial charge in [0.2, 0.25) is 6.41 Å². The first-order chi connectivity index (χ1) is 17.1. The van der Waals surface area contributed by atoms with E-state index in [9.17, 15) is 9.59 Å². The zero-order valence-electron chi connectivity index (χ0n) is 20.4. The summed E-state index contributed by atoms with van der Waals surface area (Å²) in [4.78, 5) is 28.3. The molecular weight excluding hydrogens is 446 g/mol. The van der Waals surface area contributed by atoms with E-state index < -0.39 is 0 Å². The van der Waals surface area contributed by atoms with Crippen molar-refractivity contribution in [2.75, 3.05) is 18.8 Å². The molecule has 4 rings (SSSR count). The zero-order valence-corrected chi connectivity index (χ0v) is 20.4. The third kappa shape index (κ3) is 6.00. The number of hydroxylamine groups is 1. The lowest BCUT2D eigenvalue weighted by Crippen LogP contribution is -2.37. The summed E-state index contributed by atoms with van der Waals surface area (Å²) in [5.41, 5.74) is 3.52. The van der Waals surface area contributed by atoms with Crippen molar-refractivity contribution in [1.29, 1.82) is 0 Å². The molecule has 0 spiro atoms. The molecule has 8 nitrogen and oxygen atoms in total. The fourth-order valence-electron chi connectivity index (χ4n) is 4.58. The predicted octanol–water partition coefficient (Wildman–Crippen LogP) is 4.50. The van der Waals surface area contributed by atoms with Gasteiger partial charge in [0, 0.05) is 5.56 Å². The maximum absolute atomic E-state index is 11.8. The third-order valence-electron chi connectivity index (χ3n) is 6.46. The van der Waals surface area contributed by atoms with E-state index in [2.05, 4.69) is 0 Å². The monoisotopic (exact) mass is 479 g/mol. The van der Waals surface area contributed by atoms with Gasteiger partial charge in [0.1, 0.15) is 12.3 Å². The van der Waals surface area contributed by atoms with Crippen molar-refractivity contribution >= 4 is 24.1 Å². The maximum Gasteiger partial charge on any atom is 0.238 e. The minimum atomic E-state index is -0.291. The molecule has 1 atom stereocenters. The number of ether oxygens (including phenoxy) is 2. The molecule has 1 aliphatic heterocycles. The average Bonchev–Trinajstić information content (AvgIpc) is 3.41. The Labute approximate surface area is 206 Å². The van der Waals surface area contributed by atoms with Crippen LogP contribution >= 0.6 is 0 Å². The number of nitrogens with zero attached hydrogens (tertiary/aromatic N) is 3. The maximum atomic E-state index is 11.8. The van der Waals surface area contributed by atoms with Crippen LogP contribution in [0.5, 0.6) is 11.5 Å². The second kappa shape index (κ2) is 11.8. The number of anilines is 1. The van der Waals surface area contributed by atoms with Crippen LogP contribution in [0.3, 0.4) is 0 Å². The summed E-state index contributed by atoms with van der Waals surface area (Å²) in [5.74, 6) is 1.46. The Bertz CT molecular complexity index is 1030. The summed E-state index contributed by atoms with van der Waals surface area (Å²) < 4.78 is 11.8. The SMILES string of the molecule is CCON(C=O)c1ccc(CN2N=C(c3ccc(OC)c(OC4CCCC4)c3)CCC2C=O)cc1. The topological polar surface area (TPSA) is 80.7 Å². The first-order valence-corrected chi connectivity index (χ1v) is 12.3. The number of hydrogen-bond acceptors (Lipinski definition) is 7. The fraction of sp³-hybridized carbons (Fsp3) is 0.444. The molecule has 0 saturated heterocycles. The quantitative estimate of drug-likeness (QED) is 0.349. The summed E-state index contributed by atoms with van der Waals surface area (Å²) in [6.45, 7) is 2.69. The molecule has 1 saturated carbocycles. The molecule has 0 bridgehead atoms. The lowest BCUT2D eigenvalue weighted by atomic mass is 10.00. The van der Waals surface area contributed by atoms with Crippen molar-refractivity contribution < 1.29 is 23.9 Å². The summed E-state index contributed by atoms with van der Waals surface area (Å²) in [7, 11) is 1.65. The van der Waals surface area contributed by atoms with Crippen LogP contribution < -0.4 is 14.5 Å². The van der Waals surface area contributed by atoms with Crippen molar-refractivity contribution in [1.82, 2.24) is 5.01 Å². The molecule has 35 heavy (non-hydrogen) atoms. The number of aldehydes is 1. The van der Waals surface area contributed by atoms with Gasteiger partial charge in [-0.3, -0.25) is 14.6 Å². The molecule has 2 aliphatic rings. The Kier molecular flexibility index (Phi) is 8.36. The van der Waals surface area contributed by atoms with Crippen molar-refractivity contribution in [2.45, 2.75) is 64.1 Å². The summed E-state index contributed by atoms with van der Waals surface area (Å²) in [6, 6.07) is 13.1. The Hall–Kier alpha value is -3.39. The van der Waals surface area contributed by atoms with Gasteiger partial charge in [0.25, 0.3) is 0 Å². The molecule has 1 fully saturated rings. The smallest absolute Gasteiger partial charge is 0.238 e. The minimum Gasteiger partial charge on any atom is -0.493 e. The highest BCUT2D eigenvalue weighted by atomic mass is 16.7. The molecule has 1 aliphatic carbocycles. The molecule has 186 valence electrons. The predicted molar refractivity (Wildman–Crippen MR) is 134 cm³/mol. The highest BCUT2D eigenvalue weighted by Gasteiger charge is 2.25. The first-order valence-electron chi connectivity index (χ1n) is 12.3. The number of hydrogen-bond donors (Lipinski definition) is 0. The fourth-order valence-corrected chi connectivity index (χ4v) is 4.58. The van der Waals surface area contributed by atoms with Crippen molar-refractivity contribution in [3.8, 4) is 11.5 Å². The summed E-state index contributed by atoms with van der Waals surface area (Å²) >= 11 is 0. The number of rotatable bonds is 11. The van der Waals surface area contributed by atoms with E-state index in [1.807, 2.05) is 54.4 Å². The molecular formula is C27H33N3O5. The molecule has 0 aromatic heterocycles. The van der Waals surface area contributed by atoms with Crippen LogP contribution in [0, 0.1) is 0 Å². The lowest BCUT2D eigenvalue weighted by Gasteiger charge is -2.31. The van der Waals surface area contributed by atoms with Crippen LogP contribution in [0.2, 0.25) is 0 Å². The van der Waals surface area contributed by atoms with E-state index in [-0.39, 0.29) is 12.1 Å². The molecule has 2 aromatic carbocycles. The Morgan fingerprint density at radius 2 is 1.83 bits per heavy atom. The molecule has 0 N–H and O–H groups in total. The molecule has 1 heterocycles. The van der Waals surface area contributed by atoms with Gasteiger partial charge in [0.15, 0.2) is 11.5 Å². The van der Waals surface area contributed by atoms with Crippen molar-refractivity contribution in [3.63, 3.8) is 0 Å². The van der Waals surface area contributed by atoms with Gasteiger partial charge < -0.3 is 14.3 Å². The highest BCUT2D eigenvalue weighted by Crippen LogP contribution is 2.33. The Balaban J connectivity index is 1.53. The van der Waals surface area contributed by atoms with Gasteiger partial charge in [-0.2, -0.15) is 10.2 Å². The molecule has 1 unspecified atom stereocenters. The van der Waals surface area contributed by atoms with Crippen molar-refractivity contribution in [2.24, 2.45) is 5.10 Å². The van der Waals surface area contributed by atoms with E-state index in [0.717, 1.165) is 47.5 Å². The number of hydrazone groups is 1. The zero-order chi connectivity index (χ0) is 24.6. The molecule has 0 radical (unpaired) electrons. The molecule has 8 heteroatoms. The van der Waals surface area contributed by atoms with E-state index in [1.54, 1.807) is 7.11 Å². The second-order valence-electron chi connectivity index (χ2n) is 8.79. The van der Waals surface area contributed by atoms with Crippen LogP contribution in [-0.2, 0) is 21.0 Å². The molecule has 2 aromatic rings.